The van der Waals surface area contributed by atoms with E-state index in [1.165, 1.54) is 33.6 Å². The number of fused-ring (bicyclic) bond motifs is 3. The summed E-state index contributed by atoms with van der Waals surface area (Å²) in [6, 6.07) is 17.3. The van der Waals surface area contributed by atoms with Crippen LogP contribution in [0.15, 0.2) is 48.5 Å². The molecule has 0 saturated heterocycles. The van der Waals surface area contributed by atoms with E-state index < -0.39 is 0 Å². The van der Waals surface area contributed by atoms with E-state index in [1.54, 1.807) is 0 Å². The van der Waals surface area contributed by atoms with Crippen molar-refractivity contribution >= 4 is 23.2 Å². The zero-order chi connectivity index (χ0) is 21.0. The van der Waals surface area contributed by atoms with Gasteiger partial charge in [0.15, 0.2) is 0 Å². The quantitative estimate of drug-likeness (QED) is 0.523. The molecule has 1 aromatic heterocycles. The van der Waals surface area contributed by atoms with Gasteiger partial charge in [-0.2, -0.15) is 0 Å². The number of hydrogen-bond donors (Lipinski definition) is 0. The minimum Gasteiger partial charge on any atom is -0.351 e. The molecule has 0 radical (unpaired) electrons. The fraction of sp³-hybridized carbons (Fsp3) is 0.360. The number of aromatic nitrogens is 1. The Bertz CT molecular complexity index is 984. The minimum absolute atomic E-state index is 0.238. The monoisotopic (exact) mass is 439 g/mol. The van der Waals surface area contributed by atoms with E-state index in [4.69, 9.17) is 23.2 Å². The summed E-state index contributed by atoms with van der Waals surface area (Å²) in [4.78, 5) is 4.97. The van der Waals surface area contributed by atoms with E-state index in [0.29, 0.717) is 0 Å². The van der Waals surface area contributed by atoms with Crippen LogP contribution in [0.3, 0.4) is 0 Å². The highest BCUT2D eigenvalue weighted by Gasteiger charge is 2.39. The molecule has 0 fully saturated rings. The van der Waals surface area contributed by atoms with Crippen LogP contribution in [0.1, 0.15) is 45.7 Å². The summed E-state index contributed by atoms with van der Waals surface area (Å²) >= 11 is 12.4. The van der Waals surface area contributed by atoms with Gasteiger partial charge in [0, 0.05) is 65.5 Å². The summed E-state index contributed by atoms with van der Waals surface area (Å²) in [6.45, 7) is 2.11. The van der Waals surface area contributed by atoms with Crippen molar-refractivity contribution < 1.29 is 0 Å². The molecular formula is C25H27Cl2N3. The van der Waals surface area contributed by atoms with Gasteiger partial charge in [-0.3, -0.25) is 9.80 Å². The van der Waals surface area contributed by atoms with Gasteiger partial charge in [-0.15, -0.1) is 0 Å². The molecule has 5 heteroatoms. The van der Waals surface area contributed by atoms with Crippen molar-refractivity contribution in [3.8, 4) is 0 Å². The highest BCUT2D eigenvalue weighted by molar-refractivity contribution is 6.30. The van der Waals surface area contributed by atoms with Crippen LogP contribution in [-0.2, 0) is 19.9 Å². The Balaban J connectivity index is 1.73. The van der Waals surface area contributed by atoms with E-state index in [1.807, 2.05) is 24.3 Å². The van der Waals surface area contributed by atoms with Crippen LogP contribution >= 0.6 is 23.2 Å². The molecule has 30 heavy (non-hydrogen) atoms. The van der Waals surface area contributed by atoms with Crippen LogP contribution in [0, 0.1) is 0 Å². The van der Waals surface area contributed by atoms with E-state index in [9.17, 15) is 0 Å². The van der Waals surface area contributed by atoms with Gasteiger partial charge in [0.1, 0.15) is 0 Å². The lowest BCUT2D eigenvalue weighted by molar-refractivity contribution is 0.245. The van der Waals surface area contributed by atoms with E-state index in [0.717, 1.165) is 36.0 Å². The Hall–Kier alpha value is -1.78. The lowest BCUT2D eigenvalue weighted by Gasteiger charge is -2.38. The van der Waals surface area contributed by atoms with Crippen LogP contribution < -0.4 is 0 Å². The average Bonchev–Trinajstić information content (AvgIpc) is 3.02. The van der Waals surface area contributed by atoms with Gasteiger partial charge in [0.2, 0.25) is 0 Å². The highest BCUT2D eigenvalue weighted by Crippen LogP contribution is 2.46. The number of nitrogens with zero attached hydrogens (tertiary/aromatic N) is 3. The van der Waals surface area contributed by atoms with Gasteiger partial charge in [0.25, 0.3) is 0 Å². The largest absolute Gasteiger partial charge is 0.351 e. The maximum Gasteiger partial charge on any atom is 0.0620 e. The summed E-state index contributed by atoms with van der Waals surface area (Å²) in [7, 11) is 6.74. The van der Waals surface area contributed by atoms with Crippen molar-refractivity contribution in [2.45, 2.75) is 24.9 Å². The van der Waals surface area contributed by atoms with E-state index in [2.05, 4.69) is 59.8 Å². The topological polar surface area (TPSA) is 11.4 Å². The smallest absolute Gasteiger partial charge is 0.0620 e. The van der Waals surface area contributed by atoms with E-state index >= 15 is 0 Å². The average molecular weight is 440 g/mol. The molecule has 2 aromatic carbocycles. The Morgan fingerprint density at radius 3 is 1.37 bits per heavy atom. The zero-order valence-corrected chi connectivity index (χ0v) is 19.2. The first kappa shape index (κ1) is 20.1. The molecule has 3 heterocycles. The molecule has 5 rings (SSSR count). The standard InChI is InChI=1S/C25H27Cl2N3/c1-28-14-12-20-22(24(28)16-4-8-18(26)9-5-16)23-21(30(20)3)13-15-29(2)25(23)17-6-10-19(27)11-7-17/h4-11,24-25H,12-15H2,1-3H3/t24-,25-/m0/s1. The molecule has 0 spiro atoms. The number of likely N-dealkylation sites (N-methyl/N-ethyl adjacent to an activating group) is 2. The van der Waals surface area contributed by atoms with Crippen molar-refractivity contribution in [3.63, 3.8) is 0 Å². The maximum atomic E-state index is 6.21. The molecule has 0 aliphatic carbocycles. The number of halogens is 2. The predicted molar refractivity (Wildman–Crippen MR) is 125 cm³/mol. The van der Waals surface area contributed by atoms with Gasteiger partial charge in [-0.05, 0) is 49.5 Å². The Morgan fingerprint density at radius 1 is 0.633 bits per heavy atom. The van der Waals surface area contributed by atoms with Crippen LogP contribution in [0.25, 0.3) is 0 Å². The van der Waals surface area contributed by atoms with Gasteiger partial charge in [-0.1, -0.05) is 47.5 Å². The Labute approximate surface area is 188 Å². The van der Waals surface area contributed by atoms with Crippen molar-refractivity contribution in [2.24, 2.45) is 7.05 Å². The molecule has 2 atom stereocenters. The maximum absolute atomic E-state index is 6.21. The number of benzene rings is 2. The minimum atomic E-state index is 0.238. The summed E-state index contributed by atoms with van der Waals surface area (Å²) < 4.78 is 2.48. The molecule has 0 N–H and O–H groups in total. The second-order valence-electron chi connectivity index (χ2n) is 8.65. The predicted octanol–water partition coefficient (Wildman–Crippen LogP) is 5.49. The van der Waals surface area contributed by atoms with Crippen molar-refractivity contribution in [1.82, 2.24) is 14.4 Å². The van der Waals surface area contributed by atoms with Gasteiger partial charge in [0.05, 0.1) is 12.1 Å². The third-order valence-electron chi connectivity index (χ3n) is 6.92. The van der Waals surface area contributed by atoms with Gasteiger partial charge < -0.3 is 4.57 Å². The third kappa shape index (κ3) is 3.20. The normalized spacial score (nSPS) is 22.0. The lowest BCUT2D eigenvalue weighted by Crippen LogP contribution is -2.36. The first-order valence-corrected chi connectivity index (χ1v) is 11.3. The number of hydrogen-bond acceptors (Lipinski definition) is 2. The first-order chi connectivity index (χ1) is 14.5. The van der Waals surface area contributed by atoms with Gasteiger partial charge >= 0.3 is 0 Å². The Morgan fingerprint density at radius 2 is 1.00 bits per heavy atom. The summed E-state index contributed by atoms with van der Waals surface area (Å²) in [6.07, 6.45) is 2.16. The molecule has 156 valence electrons. The molecule has 0 unspecified atom stereocenters. The van der Waals surface area contributed by atoms with Gasteiger partial charge in [-0.25, -0.2) is 0 Å². The molecule has 3 nitrogen and oxygen atoms in total. The Kier molecular flexibility index (Phi) is 5.19. The molecule has 0 bridgehead atoms. The molecule has 0 amide bonds. The summed E-state index contributed by atoms with van der Waals surface area (Å²) in [5.74, 6) is 0. The van der Waals surface area contributed by atoms with Crippen LogP contribution in [0.5, 0.6) is 0 Å². The molecule has 3 aromatic rings. The second-order valence-corrected chi connectivity index (χ2v) is 9.52. The summed E-state index contributed by atoms with van der Waals surface area (Å²) in [5.41, 5.74) is 8.53. The SMILES string of the molecule is CN1CCc2c(c3c(n2C)CCN(C)[C@H]3c2ccc(Cl)cc2)[C@@H]1c1ccc(Cl)cc1. The van der Waals surface area contributed by atoms with Crippen molar-refractivity contribution in [2.75, 3.05) is 27.2 Å². The molecule has 2 aliphatic heterocycles. The summed E-state index contributed by atoms with van der Waals surface area (Å²) in [5, 5.41) is 1.57. The number of rotatable bonds is 2. The first-order valence-electron chi connectivity index (χ1n) is 10.6. The third-order valence-corrected chi connectivity index (χ3v) is 7.43. The molecule has 2 aliphatic rings. The fourth-order valence-corrected chi connectivity index (χ4v) is 5.70. The van der Waals surface area contributed by atoms with Crippen molar-refractivity contribution in [3.05, 3.63) is 92.2 Å². The zero-order valence-electron chi connectivity index (χ0n) is 17.7. The fourth-order valence-electron chi connectivity index (χ4n) is 5.45. The van der Waals surface area contributed by atoms with Crippen LogP contribution in [-0.4, -0.2) is 41.6 Å². The second kappa shape index (κ2) is 7.72. The highest BCUT2D eigenvalue weighted by atomic mass is 35.5. The van der Waals surface area contributed by atoms with Crippen LogP contribution in [0.2, 0.25) is 10.0 Å². The van der Waals surface area contributed by atoms with Crippen LogP contribution in [0.4, 0.5) is 0 Å². The van der Waals surface area contributed by atoms with E-state index in [-0.39, 0.29) is 12.1 Å². The lowest BCUT2D eigenvalue weighted by atomic mass is 9.83. The molecule has 0 saturated carbocycles. The van der Waals surface area contributed by atoms with Crippen molar-refractivity contribution in [1.29, 1.82) is 0 Å². The molecular weight excluding hydrogens is 413 g/mol.